The summed E-state index contributed by atoms with van der Waals surface area (Å²) in [5, 5.41) is 10.1. The first-order valence-electron chi connectivity index (χ1n) is 21.5. The highest BCUT2D eigenvalue weighted by atomic mass is 31.2. The van der Waals surface area contributed by atoms with Crippen LogP contribution >= 0.6 is 7.82 Å². The number of allylic oxidation sites excluding steroid dienone is 16. The number of ether oxygens (including phenoxy) is 2. The quantitative estimate of drug-likeness (QED) is 0.0180. The molecule has 0 aliphatic heterocycles. The van der Waals surface area contributed by atoms with E-state index in [1.165, 1.54) is 44.9 Å². The number of aliphatic hydroxyl groups is 1. The van der Waals surface area contributed by atoms with Crippen LogP contribution in [0, 0.1) is 0 Å². The molecule has 11 heteroatoms. The molecule has 0 rings (SSSR count). The van der Waals surface area contributed by atoms with E-state index in [0.29, 0.717) is 25.7 Å². The predicted octanol–water partition coefficient (Wildman–Crippen LogP) is 11.4. The highest BCUT2D eigenvalue weighted by Crippen LogP contribution is 2.43. The molecule has 0 aromatic rings. The summed E-state index contributed by atoms with van der Waals surface area (Å²) in [4.78, 5) is 34.8. The summed E-state index contributed by atoms with van der Waals surface area (Å²) < 4.78 is 32.5. The van der Waals surface area contributed by atoms with Gasteiger partial charge in [-0.3, -0.25) is 18.6 Å². The van der Waals surface area contributed by atoms with Crippen LogP contribution in [0.3, 0.4) is 0 Å². The molecule has 0 aromatic carbocycles. The van der Waals surface area contributed by atoms with Crippen LogP contribution in [0.5, 0.6) is 0 Å². The number of hydrogen-bond donors (Lipinski definition) is 3. The Morgan fingerprint density at radius 3 is 1.67 bits per heavy atom. The van der Waals surface area contributed by atoms with E-state index in [-0.39, 0.29) is 32.6 Å². The van der Waals surface area contributed by atoms with Gasteiger partial charge in [0.25, 0.3) is 0 Å². The summed E-state index contributed by atoms with van der Waals surface area (Å²) >= 11 is 0. The van der Waals surface area contributed by atoms with Crippen molar-refractivity contribution in [3.63, 3.8) is 0 Å². The van der Waals surface area contributed by atoms with Gasteiger partial charge in [-0.05, 0) is 83.5 Å². The fourth-order valence-electron chi connectivity index (χ4n) is 4.98. The number of aliphatic hydroxyl groups excluding tert-OH is 1. The normalized spacial score (nSPS) is 14.9. The van der Waals surface area contributed by atoms with E-state index in [4.69, 9.17) is 24.3 Å². The van der Waals surface area contributed by atoms with Crippen LogP contribution in [-0.2, 0) is 32.7 Å². The number of hydrogen-bond acceptors (Lipinski definition) is 9. The third kappa shape index (κ3) is 40.8. The summed E-state index contributed by atoms with van der Waals surface area (Å²) in [7, 11) is -4.44. The van der Waals surface area contributed by atoms with E-state index in [1.807, 2.05) is 30.4 Å². The minimum absolute atomic E-state index is 0.0163. The molecule has 328 valence electrons. The van der Waals surface area contributed by atoms with E-state index in [0.717, 1.165) is 38.5 Å². The highest BCUT2D eigenvalue weighted by molar-refractivity contribution is 7.47. The Morgan fingerprint density at radius 2 is 1.12 bits per heavy atom. The number of nitrogens with two attached hydrogens (primary N) is 1. The average Bonchev–Trinajstić information content (AvgIpc) is 3.21. The largest absolute Gasteiger partial charge is 0.472 e. The lowest BCUT2D eigenvalue weighted by Gasteiger charge is -2.19. The van der Waals surface area contributed by atoms with E-state index in [1.54, 1.807) is 12.2 Å². The van der Waals surface area contributed by atoms with Crippen molar-refractivity contribution < 1.29 is 42.7 Å². The molecular formula is C47H76NO9P. The summed E-state index contributed by atoms with van der Waals surface area (Å²) in [6.07, 6.45) is 51.6. The van der Waals surface area contributed by atoms with Crippen molar-refractivity contribution in [2.75, 3.05) is 26.4 Å². The molecule has 0 saturated heterocycles. The summed E-state index contributed by atoms with van der Waals surface area (Å²) in [6, 6.07) is 0. The SMILES string of the molecule is CCCCC/C=C\C/C=C\C/C=C\C/C=C\C/C=C\CCC(=O)O[C@H](COC(=O)CCC/C=C/C=C\C(O)C/C=C\C/C=C\CCCCC)COP(=O)(O)OCCN. The molecule has 0 aliphatic rings. The molecular weight excluding hydrogens is 753 g/mol. The van der Waals surface area contributed by atoms with Crippen molar-refractivity contribution in [1.29, 1.82) is 0 Å². The van der Waals surface area contributed by atoms with Crippen LogP contribution in [0.2, 0.25) is 0 Å². The summed E-state index contributed by atoms with van der Waals surface area (Å²) in [5.41, 5.74) is 5.33. The van der Waals surface area contributed by atoms with E-state index >= 15 is 0 Å². The number of phosphoric ester groups is 1. The van der Waals surface area contributed by atoms with E-state index < -0.39 is 38.6 Å². The maximum absolute atomic E-state index is 12.5. The minimum Gasteiger partial charge on any atom is -0.462 e. The third-order valence-corrected chi connectivity index (χ3v) is 9.21. The average molecular weight is 830 g/mol. The third-order valence-electron chi connectivity index (χ3n) is 8.23. The highest BCUT2D eigenvalue weighted by Gasteiger charge is 2.25. The van der Waals surface area contributed by atoms with Gasteiger partial charge in [0.1, 0.15) is 6.61 Å². The number of carbonyl (C=O) groups is 2. The molecule has 10 nitrogen and oxygen atoms in total. The lowest BCUT2D eigenvalue weighted by molar-refractivity contribution is -0.161. The molecule has 58 heavy (non-hydrogen) atoms. The van der Waals surface area contributed by atoms with Gasteiger partial charge in [-0.15, -0.1) is 0 Å². The molecule has 0 radical (unpaired) electrons. The standard InChI is InChI=1S/C47H76NO9P/c1-3-5-7-9-11-13-14-15-16-17-18-19-20-21-22-24-26-30-35-39-47(51)57-45(43-56-58(52,53)55-41-40-48)42-54-46(50)38-34-31-27-29-33-37-44(49)36-32-28-25-23-12-10-8-6-4-2/h11-13,15-16,18-19,21-23,26-30,32-33,37,44-45,49H,3-10,14,17,20,24-25,31,34-36,38-43,48H2,1-2H3,(H,52,53)/b13-11-,16-15-,19-18-,22-21-,23-12-,29-27+,30-26-,32-28-,37-33-/t44?,45-/m1/s1. The molecule has 0 spiro atoms. The molecule has 0 fully saturated rings. The molecule has 2 unspecified atom stereocenters. The van der Waals surface area contributed by atoms with E-state index in [9.17, 15) is 24.2 Å². The molecule has 0 amide bonds. The van der Waals surface area contributed by atoms with Gasteiger partial charge in [0.15, 0.2) is 6.10 Å². The molecule has 0 aromatic heterocycles. The molecule has 0 heterocycles. The van der Waals surface area contributed by atoms with Gasteiger partial charge >= 0.3 is 19.8 Å². The molecule has 0 aliphatic carbocycles. The van der Waals surface area contributed by atoms with Gasteiger partial charge in [-0.25, -0.2) is 4.57 Å². The zero-order chi connectivity index (χ0) is 42.6. The van der Waals surface area contributed by atoms with Crippen molar-refractivity contribution >= 4 is 19.8 Å². The van der Waals surface area contributed by atoms with E-state index in [2.05, 4.69) is 80.7 Å². The van der Waals surface area contributed by atoms with Crippen molar-refractivity contribution in [2.45, 2.75) is 148 Å². The van der Waals surface area contributed by atoms with Crippen LogP contribution in [0.25, 0.3) is 0 Å². The van der Waals surface area contributed by atoms with Crippen LogP contribution in [0.4, 0.5) is 0 Å². The fourth-order valence-corrected chi connectivity index (χ4v) is 5.75. The Morgan fingerprint density at radius 1 is 0.603 bits per heavy atom. The number of esters is 2. The molecule has 0 saturated carbocycles. The summed E-state index contributed by atoms with van der Waals surface area (Å²) in [5.74, 6) is -1.07. The Bertz CT molecular complexity index is 1330. The number of carbonyl (C=O) groups excluding carboxylic acids is 2. The van der Waals surface area contributed by atoms with Gasteiger partial charge in [0.05, 0.1) is 19.3 Å². The second-order valence-electron chi connectivity index (χ2n) is 13.7. The van der Waals surface area contributed by atoms with Crippen LogP contribution < -0.4 is 5.73 Å². The van der Waals surface area contributed by atoms with Gasteiger partial charge < -0.3 is 25.2 Å². The number of phosphoric acid groups is 1. The Labute approximate surface area is 351 Å². The Hall–Kier alpha value is -3.37. The monoisotopic (exact) mass is 830 g/mol. The van der Waals surface area contributed by atoms with Crippen molar-refractivity contribution in [2.24, 2.45) is 5.73 Å². The van der Waals surface area contributed by atoms with Gasteiger partial charge in [0.2, 0.25) is 0 Å². The molecule has 3 atom stereocenters. The Kier molecular flexibility index (Phi) is 39.4. The zero-order valence-corrected chi connectivity index (χ0v) is 36.5. The molecule has 4 N–H and O–H groups in total. The van der Waals surface area contributed by atoms with Crippen LogP contribution in [0.1, 0.15) is 136 Å². The predicted molar refractivity (Wildman–Crippen MR) is 239 cm³/mol. The van der Waals surface area contributed by atoms with Crippen LogP contribution in [0.15, 0.2) is 109 Å². The Balaban J connectivity index is 4.49. The maximum Gasteiger partial charge on any atom is 0.472 e. The van der Waals surface area contributed by atoms with Crippen molar-refractivity contribution in [3.8, 4) is 0 Å². The number of rotatable bonds is 38. The summed E-state index contributed by atoms with van der Waals surface area (Å²) in [6.45, 7) is 3.39. The second kappa shape index (κ2) is 41.8. The topological polar surface area (TPSA) is 155 Å². The zero-order valence-electron chi connectivity index (χ0n) is 35.6. The molecule has 0 bridgehead atoms. The first kappa shape index (κ1) is 54.6. The lowest BCUT2D eigenvalue weighted by atomic mass is 10.2. The maximum atomic E-state index is 12.5. The smallest absolute Gasteiger partial charge is 0.462 e. The van der Waals surface area contributed by atoms with Crippen molar-refractivity contribution in [3.05, 3.63) is 109 Å². The van der Waals surface area contributed by atoms with Gasteiger partial charge in [-0.1, -0.05) is 149 Å². The van der Waals surface area contributed by atoms with Crippen molar-refractivity contribution in [1.82, 2.24) is 0 Å². The first-order valence-corrected chi connectivity index (χ1v) is 23.0. The first-order chi connectivity index (χ1) is 28.2. The second-order valence-corrected chi connectivity index (χ2v) is 15.2. The number of unbranched alkanes of at least 4 members (excludes halogenated alkanes) is 7. The van der Waals surface area contributed by atoms with Gasteiger partial charge in [-0.2, -0.15) is 0 Å². The van der Waals surface area contributed by atoms with Crippen LogP contribution in [-0.4, -0.2) is 60.5 Å². The van der Waals surface area contributed by atoms with Gasteiger partial charge in [0, 0.05) is 19.4 Å². The lowest BCUT2D eigenvalue weighted by Crippen LogP contribution is -2.29. The minimum atomic E-state index is -4.44. The fraction of sp³-hybridized carbons (Fsp3) is 0.574.